The Kier molecular flexibility index (Phi) is 7.55. The number of aromatic amines is 1. The monoisotopic (exact) mass is 423 g/mol. The molecule has 0 aliphatic carbocycles. The molecule has 0 radical (unpaired) electrons. The Bertz CT molecular complexity index is 1170. The highest BCUT2D eigenvalue weighted by atomic mass is 35.5. The Morgan fingerprint density at radius 1 is 1.07 bits per heavy atom. The molecule has 0 spiro atoms. The van der Waals surface area contributed by atoms with Gasteiger partial charge in [0.1, 0.15) is 17.7 Å². The molecule has 0 aliphatic heterocycles. The second-order valence-corrected chi connectivity index (χ2v) is 6.53. The molecule has 2 N–H and O–H groups in total. The lowest BCUT2D eigenvalue weighted by Crippen LogP contribution is -2.17. The minimum absolute atomic E-state index is 0. The van der Waals surface area contributed by atoms with Crippen LogP contribution in [0.3, 0.4) is 0 Å². The highest BCUT2D eigenvalue weighted by molar-refractivity contribution is 7.99. The second kappa shape index (κ2) is 10.1. The molecule has 0 atom stereocenters. The lowest BCUT2D eigenvalue weighted by molar-refractivity contribution is -0.113. The van der Waals surface area contributed by atoms with Crippen molar-refractivity contribution in [2.45, 2.75) is 5.16 Å². The Morgan fingerprint density at radius 3 is 2.45 bits per heavy atom. The van der Waals surface area contributed by atoms with Crippen LogP contribution in [0.25, 0.3) is 11.3 Å². The number of hydrogen-bond donors (Lipinski definition) is 2. The molecule has 0 aliphatic rings. The van der Waals surface area contributed by atoms with Gasteiger partial charge in [-0.1, -0.05) is 54.2 Å². The van der Waals surface area contributed by atoms with E-state index in [0.717, 1.165) is 11.8 Å². The number of para-hydroxylation sites is 1. The molecule has 1 aromatic heterocycles. The number of nitriles is 2. The van der Waals surface area contributed by atoms with Gasteiger partial charge < -0.3 is 10.3 Å². The second-order valence-electron chi connectivity index (χ2n) is 5.57. The fourth-order valence-corrected chi connectivity index (χ4v) is 3.10. The maximum absolute atomic E-state index is 12.2. The maximum atomic E-state index is 12.2. The normalized spacial score (nSPS) is 9.59. The molecule has 144 valence electrons. The molecular formula is C20H14ClN5O2S. The summed E-state index contributed by atoms with van der Waals surface area (Å²) < 4.78 is 0. The van der Waals surface area contributed by atoms with Crippen molar-refractivity contribution in [2.24, 2.45) is 0 Å². The van der Waals surface area contributed by atoms with Gasteiger partial charge in [-0.25, -0.2) is 4.98 Å². The quantitative estimate of drug-likeness (QED) is 0.479. The largest absolute Gasteiger partial charge is 0.324 e. The van der Waals surface area contributed by atoms with E-state index >= 15 is 0 Å². The number of amides is 1. The Labute approximate surface area is 176 Å². The van der Waals surface area contributed by atoms with Gasteiger partial charge >= 0.3 is 0 Å². The van der Waals surface area contributed by atoms with E-state index in [1.807, 2.05) is 18.2 Å². The summed E-state index contributed by atoms with van der Waals surface area (Å²) in [6, 6.07) is 19.4. The first kappa shape index (κ1) is 21.7. The number of rotatable bonds is 5. The number of nitrogens with one attached hydrogen (secondary N) is 2. The third kappa shape index (κ3) is 5.23. The molecule has 1 heterocycles. The van der Waals surface area contributed by atoms with Crippen LogP contribution in [0.15, 0.2) is 64.5 Å². The van der Waals surface area contributed by atoms with Gasteiger partial charge in [-0.15, -0.1) is 12.4 Å². The summed E-state index contributed by atoms with van der Waals surface area (Å²) in [6.07, 6.45) is 0. The van der Waals surface area contributed by atoms with Gasteiger partial charge in [-0.2, -0.15) is 10.5 Å². The molecule has 9 heteroatoms. The standard InChI is InChI=1S/C20H13N5O2S.ClH/c21-10-14-8-4-5-9-16(14)23-17(26)12-28-20-24-18(13-6-2-1-3-7-13)15(11-22)19(27)25-20;/h1-9H,12H2,(H,23,26)(H,24,25,27);1H. The average Bonchev–Trinajstić information content (AvgIpc) is 2.73. The van der Waals surface area contributed by atoms with Gasteiger partial charge in [0.05, 0.1) is 22.7 Å². The van der Waals surface area contributed by atoms with Crippen LogP contribution >= 0.6 is 24.2 Å². The highest BCUT2D eigenvalue weighted by Crippen LogP contribution is 2.22. The number of aromatic nitrogens is 2. The van der Waals surface area contributed by atoms with Crippen molar-refractivity contribution in [1.29, 1.82) is 10.5 Å². The number of carbonyl (C=O) groups is 1. The van der Waals surface area contributed by atoms with Crippen LogP contribution in [0, 0.1) is 22.7 Å². The van der Waals surface area contributed by atoms with Crippen molar-refractivity contribution in [1.82, 2.24) is 9.97 Å². The number of carbonyl (C=O) groups excluding carboxylic acids is 1. The molecule has 7 nitrogen and oxygen atoms in total. The average molecular weight is 424 g/mol. The first-order valence-corrected chi connectivity index (χ1v) is 9.12. The van der Waals surface area contributed by atoms with Crippen LogP contribution < -0.4 is 10.9 Å². The summed E-state index contributed by atoms with van der Waals surface area (Å²) >= 11 is 1.03. The zero-order chi connectivity index (χ0) is 19.9. The summed E-state index contributed by atoms with van der Waals surface area (Å²) in [5.74, 6) is -0.371. The molecule has 0 saturated carbocycles. The molecule has 3 rings (SSSR count). The first-order valence-electron chi connectivity index (χ1n) is 8.14. The van der Waals surface area contributed by atoms with Crippen molar-refractivity contribution in [2.75, 3.05) is 11.1 Å². The lowest BCUT2D eigenvalue weighted by atomic mass is 10.1. The molecule has 0 fully saturated rings. The van der Waals surface area contributed by atoms with Crippen LogP contribution in [0.4, 0.5) is 5.69 Å². The SMILES string of the molecule is Cl.N#Cc1ccccc1NC(=O)CSc1nc(-c2ccccc2)c(C#N)c(=O)[nH]1. The lowest BCUT2D eigenvalue weighted by Gasteiger charge is -2.08. The van der Waals surface area contributed by atoms with Gasteiger partial charge in [-0.3, -0.25) is 9.59 Å². The molecule has 0 unspecified atom stereocenters. The molecular weight excluding hydrogens is 410 g/mol. The number of H-pyrrole nitrogens is 1. The highest BCUT2D eigenvalue weighted by Gasteiger charge is 2.14. The number of thioether (sulfide) groups is 1. The zero-order valence-corrected chi connectivity index (χ0v) is 16.5. The van der Waals surface area contributed by atoms with E-state index in [2.05, 4.69) is 15.3 Å². The molecule has 3 aromatic rings. The molecule has 0 saturated heterocycles. The van der Waals surface area contributed by atoms with E-state index in [-0.39, 0.29) is 40.5 Å². The fourth-order valence-electron chi connectivity index (χ4n) is 2.44. The molecule has 29 heavy (non-hydrogen) atoms. The Hall–Kier alpha value is -3.59. The van der Waals surface area contributed by atoms with Gasteiger partial charge in [0, 0.05) is 5.56 Å². The van der Waals surface area contributed by atoms with Crippen LogP contribution in [0.1, 0.15) is 11.1 Å². The smallest absolute Gasteiger partial charge is 0.270 e. The van der Waals surface area contributed by atoms with Crippen LogP contribution in [-0.4, -0.2) is 21.6 Å². The summed E-state index contributed by atoms with van der Waals surface area (Å²) in [6.45, 7) is 0. The van der Waals surface area contributed by atoms with Gasteiger partial charge in [0.2, 0.25) is 5.91 Å². The van der Waals surface area contributed by atoms with E-state index in [1.54, 1.807) is 48.5 Å². The fraction of sp³-hybridized carbons (Fsp3) is 0.0500. The van der Waals surface area contributed by atoms with Gasteiger partial charge in [0.25, 0.3) is 5.56 Å². The van der Waals surface area contributed by atoms with Crippen molar-refractivity contribution < 1.29 is 4.79 Å². The predicted molar refractivity (Wildman–Crippen MR) is 113 cm³/mol. The third-order valence-electron chi connectivity index (χ3n) is 3.72. The van der Waals surface area contributed by atoms with Crippen molar-refractivity contribution >= 4 is 35.8 Å². The van der Waals surface area contributed by atoms with Crippen molar-refractivity contribution in [3.05, 3.63) is 76.1 Å². The summed E-state index contributed by atoms with van der Waals surface area (Å²) in [5, 5.41) is 21.2. The molecule has 0 bridgehead atoms. The van der Waals surface area contributed by atoms with Crippen LogP contribution in [0.2, 0.25) is 0 Å². The van der Waals surface area contributed by atoms with E-state index in [0.29, 0.717) is 16.8 Å². The number of nitrogens with zero attached hydrogens (tertiary/aromatic N) is 3. The number of benzene rings is 2. The first-order chi connectivity index (χ1) is 13.6. The predicted octanol–water partition coefficient (Wildman–Crippen LogP) is 3.33. The summed E-state index contributed by atoms with van der Waals surface area (Å²) in [7, 11) is 0. The topological polar surface area (TPSA) is 122 Å². The molecule has 1 amide bonds. The van der Waals surface area contributed by atoms with E-state index in [1.165, 1.54) is 0 Å². The summed E-state index contributed by atoms with van der Waals surface area (Å²) in [5.41, 5.74) is 1.04. The van der Waals surface area contributed by atoms with Gasteiger partial charge in [-0.05, 0) is 12.1 Å². The number of halogens is 1. The Balaban J connectivity index is 0.00000300. The van der Waals surface area contributed by atoms with E-state index in [4.69, 9.17) is 5.26 Å². The minimum Gasteiger partial charge on any atom is -0.324 e. The van der Waals surface area contributed by atoms with E-state index in [9.17, 15) is 14.9 Å². The van der Waals surface area contributed by atoms with Gasteiger partial charge in [0.15, 0.2) is 5.16 Å². The Morgan fingerprint density at radius 2 is 1.76 bits per heavy atom. The third-order valence-corrected chi connectivity index (χ3v) is 4.59. The van der Waals surface area contributed by atoms with E-state index < -0.39 is 5.56 Å². The van der Waals surface area contributed by atoms with Crippen molar-refractivity contribution in [3.63, 3.8) is 0 Å². The van der Waals surface area contributed by atoms with Crippen LogP contribution in [-0.2, 0) is 4.79 Å². The zero-order valence-electron chi connectivity index (χ0n) is 14.9. The van der Waals surface area contributed by atoms with Crippen molar-refractivity contribution in [3.8, 4) is 23.4 Å². The maximum Gasteiger partial charge on any atom is 0.270 e. The van der Waals surface area contributed by atoms with Crippen LogP contribution in [0.5, 0.6) is 0 Å². The number of anilines is 1. The molecule has 2 aromatic carbocycles. The minimum atomic E-state index is -0.561. The summed E-state index contributed by atoms with van der Waals surface area (Å²) in [4.78, 5) is 31.3. The number of hydrogen-bond acceptors (Lipinski definition) is 6.